The van der Waals surface area contributed by atoms with Crippen LogP contribution in [0.3, 0.4) is 0 Å². The van der Waals surface area contributed by atoms with Gasteiger partial charge >= 0.3 is 7.69 Å². The summed E-state index contributed by atoms with van der Waals surface area (Å²) < 4.78 is 12.3. The van der Waals surface area contributed by atoms with E-state index in [1.807, 2.05) is 26.0 Å². The number of ketones is 4. The van der Waals surface area contributed by atoms with Gasteiger partial charge in [0.25, 0.3) is 0 Å². The van der Waals surface area contributed by atoms with Crippen molar-refractivity contribution in [1.29, 1.82) is 0 Å². The highest BCUT2D eigenvalue weighted by Gasteiger charge is 2.64. The fourth-order valence-corrected chi connectivity index (χ4v) is 13.7. The summed E-state index contributed by atoms with van der Waals surface area (Å²) in [5, 5.41) is 0. The van der Waals surface area contributed by atoms with Crippen LogP contribution in [0.1, 0.15) is 144 Å². The van der Waals surface area contributed by atoms with Crippen LogP contribution in [0.2, 0.25) is 0 Å². The molecule has 0 aromatic heterocycles. The molecule has 0 N–H and O–H groups in total. The quantitative estimate of drug-likeness (QED) is 0.237. The SMILES string of the molecule is CC(OBOC(C)C(=O)C1(C)CCC2C3CCC4=CC(=O)CCC4=C3CCC21C)C(=O)C1(C)CCC2C3CCC4=CC(=O)CCC4=C3CCC21C. The molecule has 0 radical (unpaired) electrons. The Morgan fingerprint density at radius 3 is 1.43 bits per heavy atom. The Kier molecular flexibility index (Phi) is 8.81. The van der Waals surface area contributed by atoms with Crippen molar-refractivity contribution < 1.29 is 28.5 Å². The van der Waals surface area contributed by atoms with Crippen LogP contribution in [0.4, 0.5) is 0 Å². The van der Waals surface area contributed by atoms with Crippen LogP contribution in [0.5, 0.6) is 0 Å². The molecular weight excluding hydrogens is 635 g/mol. The second-order valence-electron chi connectivity index (χ2n) is 18.8. The zero-order valence-corrected chi connectivity index (χ0v) is 32.1. The summed E-state index contributed by atoms with van der Waals surface area (Å²) in [5.74, 6) is 2.88. The Morgan fingerprint density at radius 2 is 1.02 bits per heavy atom. The van der Waals surface area contributed by atoms with Gasteiger partial charge in [-0.15, -0.1) is 0 Å². The maximum absolute atomic E-state index is 14.3. The molecule has 7 heteroatoms. The van der Waals surface area contributed by atoms with Gasteiger partial charge in [-0.1, -0.05) is 38.8 Å². The van der Waals surface area contributed by atoms with Gasteiger partial charge in [0, 0.05) is 23.7 Å². The average Bonchev–Trinajstić information content (AvgIpc) is 3.56. The molecule has 0 saturated heterocycles. The van der Waals surface area contributed by atoms with Crippen molar-refractivity contribution in [3.05, 3.63) is 45.6 Å². The molecule has 0 bridgehead atoms. The number of Topliss-reactive ketones (excluding diaryl/α,β-unsaturated/α-hetero) is 2. The zero-order chi connectivity index (χ0) is 36.1. The second-order valence-corrected chi connectivity index (χ2v) is 18.8. The van der Waals surface area contributed by atoms with E-state index in [2.05, 4.69) is 27.7 Å². The molecule has 8 aliphatic rings. The van der Waals surface area contributed by atoms with E-state index in [1.165, 1.54) is 22.3 Å². The molecule has 0 heterocycles. The molecule has 274 valence electrons. The number of allylic oxidation sites excluding steroid dienone is 8. The summed E-state index contributed by atoms with van der Waals surface area (Å²) in [6.07, 6.45) is 17.7. The topological polar surface area (TPSA) is 86.7 Å². The van der Waals surface area contributed by atoms with Crippen molar-refractivity contribution in [2.45, 2.75) is 156 Å². The number of hydrogen-bond acceptors (Lipinski definition) is 6. The smallest absolute Gasteiger partial charge is 0.404 e. The van der Waals surface area contributed by atoms with Crippen molar-refractivity contribution in [2.75, 3.05) is 0 Å². The number of rotatable bonds is 8. The van der Waals surface area contributed by atoms with E-state index in [1.54, 1.807) is 11.1 Å². The highest BCUT2D eigenvalue weighted by molar-refractivity contribution is 6.20. The standard InChI is InChI=1S/C44H59BO6/c1-25(39(48)43(5)21-17-37-35-11-7-27-23-29(46)9-13-31(27)33(35)15-19-41(37,43)3)50-45-51-26(2)40(49)44(6)22-18-38-36-12-8-28-24-30(47)10-14-32(28)34(36)16-20-42(38,44)4/h23-26,35-38,45H,7-22H2,1-6H3. The van der Waals surface area contributed by atoms with Crippen LogP contribution < -0.4 is 0 Å². The molecule has 10 atom stereocenters. The first-order chi connectivity index (χ1) is 24.2. The second kappa shape index (κ2) is 12.6. The first-order valence-electron chi connectivity index (χ1n) is 20.4. The lowest BCUT2D eigenvalue weighted by Crippen LogP contribution is -2.51. The highest BCUT2D eigenvalue weighted by atomic mass is 16.6. The largest absolute Gasteiger partial charge is 0.439 e. The number of hydrogen-bond donors (Lipinski definition) is 0. The summed E-state index contributed by atoms with van der Waals surface area (Å²) in [4.78, 5) is 52.9. The zero-order valence-electron chi connectivity index (χ0n) is 32.1. The van der Waals surface area contributed by atoms with E-state index in [0.29, 0.717) is 36.5 Å². The molecule has 0 spiro atoms. The van der Waals surface area contributed by atoms with E-state index in [-0.39, 0.29) is 41.6 Å². The molecule has 6 nitrogen and oxygen atoms in total. The molecule has 0 aliphatic heterocycles. The monoisotopic (exact) mass is 694 g/mol. The van der Waals surface area contributed by atoms with E-state index in [4.69, 9.17) is 9.31 Å². The minimum Gasteiger partial charge on any atom is -0.404 e. The van der Waals surface area contributed by atoms with E-state index >= 15 is 0 Å². The molecule has 0 aromatic carbocycles. The van der Waals surface area contributed by atoms with Crippen molar-refractivity contribution in [3.8, 4) is 0 Å². The first-order valence-corrected chi connectivity index (χ1v) is 20.4. The highest BCUT2D eigenvalue weighted by Crippen LogP contribution is 2.68. The summed E-state index contributed by atoms with van der Waals surface area (Å²) in [7, 11) is -0.0638. The third-order valence-corrected chi connectivity index (χ3v) is 17.1. The van der Waals surface area contributed by atoms with Crippen molar-refractivity contribution >= 4 is 30.8 Å². The summed E-state index contributed by atoms with van der Waals surface area (Å²) in [6, 6.07) is 0. The minimum atomic E-state index is -0.605. The molecule has 0 amide bonds. The lowest BCUT2D eigenvalue weighted by Gasteiger charge is -2.52. The van der Waals surface area contributed by atoms with Gasteiger partial charge in [-0.05, 0) is 173 Å². The molecule has 10 unspecified atom stereocenters. The fourth-order valence-electron chi connectivity index (χ4n) is 13.7. The van der Waals surface area contributed by atoms with Crippen molar-refractivity contribution in [3.63, 3.8) is 0 Å². The van der Waals surface area contributed by atoms with Gasteiger partial charge in [0.15, 0.2) is 23.1 Å². The third kappa shape index (κ3) is 5.23. The molecule has 51 heavy (non-hydrogen) atoms. The number of carbonyl (C=O) groups excluding carboxylic acids is 4. The molecular formula is C44H59BO6. The van der Waals surface area contributed by atoms with Gasteiger partial charge in [-0.2, -0.15) is 0 Å². The van der Waals surface area contributed by atoms with Gasteiger partial charge in [0.1, 0.15) is 0 Å². The van der Waals surface area contributed by atoms with Gasteiger partial charge in [0.2, 0.25) is 0 Å². The summed E-state index contributed by atoms with van der Waals surface area (Å²) in [5.41, 5.74) is 7.57. The molecule has 0 aromatic rings. The van der Waals surface area contributed by atoms with Crippen LogP contribution in [-0.2, 0) is 28.5 Å². The van der Waals surface area contributed by atoms with Crippen LogP contribution in [0.15, 0.2) is 45.6 Å². The predicted octanol–water partition coefficient (Wildman–Crippen LogP) is 8.63. The van der Waals surface area contributed by atoms with Gasteiger partial charge in [0.05, 0.1) is 12.2 Å². The Hall–Kier alpha value is -2.38. The van der Waals surface area contributed by atoms with Crippen LogP contribution in [-0.4, -0.2) is 43.0 Å². The van der Waals surface area contributed by atoms with Crippen LogP contribution >= 0.6 is 0 Å². The summed E-state index contributed by atoms with van der Waals surface area (Å²) in [6.45, 7) is 12.9. The maximum Gasteiger partial charge on any atom is 0.439 e. The van der Waals surface area contributed by atoms with Crippen LogP contribution in [0.25, 0.3) is 0 Å². The van der Waals surface area contributed by atoms with E-state index < -0.39 is 23.0 Å². The molecule has 4 saturated carbocycles. The Morgan fingerprint density at radius 1 is 0.608 bits per heavy atom. The lowest BCUT2D eigenvalue weighted by molar-refractivity contribution is -0.145. The normalized spacial score (nSPS) is 41.3. The number of fused-ring (bicyclic) bond motifs is 8. The van der Waals surface area contributed by atoms with E-state index in [0.717, 1.165) is 89.9 Å². The van der Waals surface area contributed by atoms with Crippen molar-refractivity contribution in [1.82, 2.24) is 0 Å². The average molecular weight is 695 g/mol. The minimum absolute atomic E-state index is 0.0638. The Labute approximate surface area is 306 Å². The predicted molar refractivity (Wildman–Crippen MR) is 199 cm³/mol. The third-order valence-electron chi connectivity index (χ3n) is 17.1. The maximum atomic E-state index is 14.3. The lowest BCUT2D eigenvalue weighted by atomic mass is 9.51. The van der Waals surface area contributed by atoms with Gasteiger partial charge in [-0.25, -0.2) is 0 Å². The van der Waals surface area contributed by atoms with E-state index in [9.17, 15) is 19.2 Å². The van der Waals surface area contributed by atoms with Crippen molar-refractivity contribution in [2.24, 2.45) is 45.3 Å². The first kappa shape index (κ1) is 35.6. The molecule has 8 aliphatic carbocycles. The Balaban J connectivity index is 0.897. The molecule has 8 rings (SSSR count). The van der Waals surface area contributed by atoms with Crippen LogP contribution in [0, 0.1) is 45.3 Å². The Bertz CT molecular complexity index is 1580. The number of carbonyl (C=O) groups is 4. The molecule has 4 fully saturated rings. The summed E-state index contributed by atoms with van der Waals surface area (Å²) >= 11 is 0. The van der Waals surface area contributed by atoms with Gasteiger partial charge in [-0.3, -0.25) is 19.2 Å². The van der Waals surface area contributed by atoms with Gasteiger partial charge < -0.3 is 9.31 Å². The fraction of sp³-hybridized carbons (Fsp3) is 0.727.